The summed E-state index contributed by atoms with van der Waals surface area (Å²) >= 11 is 0. The predicted octanol–water partition coefficient (Wildman–Crippen LogP) is 7.21. The second-order valence-corrected chi connectivity index (χ2v) is 17.1. The Morgan fingerprint density at radius 2 is 1.48 bits per heavy atom. The topological polar surface area (TPSA) is 154 Å². The van der Waals surface area contributed by atoms with Crippen molar-refractivity contribution in [3.8, 4) is 17.6 Å². The molecule has 0 aliphatic carbocycles. The summed E-state index contributed by atoms with van der Waals surface area (Å²) in [6, 6.07) is 27.3. The zero-order chi connectivity index (χ0) is 42.2. The van der Waals surface area contributed by atoms with Crippen LogP contribution in [0.25, 0.3) is 0 Å². The van der Waals surface area contributed by atoms with Crippen molar-refractivity contribution >= 4 is 14.3 Å². The summed E-state index contributed by atoms with van der Waals surface area (Å²) in [5.41, 5.74) is -0.436. The maximum absolute atomic E-state index is 13.6. The van der Waals surface area contributed by atoms with Gasteiger partial charge in [-0.2, -0.15) is 5.26 Å². The fourth-order valence-corrected chi connectivity index (χ4v) is 9.53. The maximum Gasteiger partial charge on any atom is 0.330 e. The largest absolute Gasteiger partial charge is 0.497 e. The monoisotopic (exact) mass is 814 g/mol. The van der Waals surface area contributed by atoms with Crippen LogP contribution in [-0.2, 0) is 29.1 Å². The molecule has 4 aromatic rings. The zero-order valence-electron chi connectivity index (χ0n) is 34.8. The van der Waals surface area contributed by atoms with Crippen LogP contribution >= 0.6 is 8.30 Å². The first kappa shape index (κ1) is 44.3. The highest BCUT2D eigenvalue weighted by Crippen LogP contribution is 2.50. The number of rotatable bonds is 18. The van der Waals surface area contributed by atoms with Gasteiger partial charge < -0.3 is 28.2 Å². The molecule has 1 fully saturated rings. The normalized spacial score (nSPS) is 17.7. The van der Waals surface area contributed by atoms with Gasteiger partial charge in [-0.3, -0.25) is 23.8 Å². The first-order chi connectivity index (χ1) is 27.6. The van der Waals surface area contributed by atoms with Crippen molar-refractivity contribution in [3.05, 3.63) is 128 Å². The van der Waals surface area contributed by atoms with Gasteiger partial charge in [0.25, 0.3) is 5.56 Å². The quantitative estimate of drug-likeness (QED) is 0.0616. The van der Waals surface area contributed by atoms with E-state index in [0.717, 1.165) is 16.7 Å². The molecule has 4 atom stereocenters. The van der Waals surface area contributed by atoms with Gasteiger partial charge in [0.2, 0.25) is 0 Å². The van der Waals surface area contributed by atoms with Crippen molar-refractivity contribution in [1.82, 2.24) is 14.2 Å². The molecule has 1 aromatic heterocycles. The number of esters is 1. The molecule has 0 spiro atoms. The highest BCUT2D eigenvalue weighted by molar-refractivity contribution is 7.51. The van der Waals surface area contributed by atoms with Crippen LogP contribution in [0.5, 0.6) is 11.5 Å². The average Bonchev–Trinajstić information content (AvgIpc) is 3.58. The summed E-state index contributed by atoms with van der Waals surface area (Å²) in [5, 5.41) is 9.34. The second-order valence-electron chi connectivity index (χ2n) is 15.4. The number of benzene rings is 3. The van der Waals surface area contributed by atoms with E-state index in [0.29, 0.717) is 17.1 Å². The van der Waals surface area contributed by atoms with Crippen LogP contribution in [0.4, 0.5) is 0 Å². The Morgan fingerprint density at radius 3 is 2.00 bits per heavy atom. The summed E-state index contributed by atoms with van der Waals surface area (Å²) < 4.78 is 41.4. The molecule has 13 nitrogen and oxygen atoms in total. The van der Waals surface area contributed by atoms with Crippen LogP contribution in [-0.4, -0.2) is 77.1 Å². The fourth-order valence-electron chi connectivity index (χ4n) is 7.33. The summed E-state index contributed by atoms with van der Waals surface area (Å²) in [6.07, 6.45) is -0.622. The summed E-state index contributed by atoms with van der Waals surface area (Å²) in [5.74, 6) is 0.871. The van der Waals surface area contributed by atoms with Crippen LogP contribution in [0.2, 0.25) is 0 Å². The number of nitrogens with one attached hydrogen (secondary N) is 1. The summed E-state index contributed by atoms with van der Waals surface area (Å²) in [6.45, 7) is 13.2. The lowest BCUT2D eigenvalue weighted by molar-refractivity contribution is -0.152. The van der Waals surface area contributed by atoms with Crippen molar-refractivity contribution in [2.75, 3.05) is 27.0 Å². The van der Waals surface area contributed by atoms with E-state index in [4.69, 9.17) is 28.2 Å². The number of aromatic nitrogens is 2. The minimum absolute atomic E-state index is 0.0146. The molecule has 0 saturated carbocycles. The number of aromatic amines is 1. The lowest BCUT2D eigenvalue weighted by Crippen LogP contribution is -2.40. The first-order valence-corrected chi connectivity index (χ1v) is 20.8. The molecule has 3 aromatic carbocycles. The predicted molar refractivity (Wildman–Crippen MR) is 222 cm³/mol. The van der Waals surface area contributed by atoms with Gasteiger partial charge in [0.15, 0.2) is 0 Å². The van der Waals surface area contributed by atoms with E-state index in [2.05, 4.69) is 15.7 Å². The number of hydrogen-bond donors (Lipinski definition) is 1. The molecule has 0 bridgehead atoms. The molecule has 1 aliphatic heterocycles. The van der Waals surface area contributed by atoms with E-state index in [-0.39, 0.29) is 37.7 Å². The van der Waals surface area contributed by atoms with Gasteiger partial charge in [0, 0.05) is 30.3 Å². The van der Waals surface area contributed by atoms with Crippen LogP contribution < -0.4 is 20.7 Å². The van der Waals surface area contributed by atoms with Gasteiger partial charge in [-0.15, -0.1) is 0 Å². The molecule has 1 aliphatic rings. The lowest BCUT2D eigenvalue weighted by Gasteiger charge is -2.40. The Labute approximate surface area is 341 Å². The van der Waals surface area contributed by atoms with Crippen molar-refractivity contribution in [3.63, 3.8) is 0 Å². The molecule has 310 valence electrons. The van der Waals surface area contributed by atoms with Crippen molar-refractivity contribution in [1.29, 1.82) is 5.26 Å². The van der Waals surface area contributed by atoms with E-state index in [9.17, 15) is 19.6 Å². The Bertz CT molecular complexity index is 2070. The number of nitrogens with zero attached hydrogens (tertiary/aromatic N) is 3. The first-order valence-electron chi connectivity index (χ1n) is 19.4. The Morgan fingerprint density at radius 1 is 0.931 bits per heavy atom. The van der Waals surface area contributed by atoms with Crippen molar-refractivity contribution in [2.24, 2.45) is 0 Å². The minimum atomic E-state index is -1.66. The molecule has 58 heavy (non-hydrogen) atoms. The van der Waals surface area contributed by atoms with Gasteiger partial charge in [0.1, 0.15) is 49.5 Å². The van der Waals surface area contributed by atoms with Crippen LogP contribution in [0.1, 0.15) is 82.9 Å². The minimum Gasteiger partial charge on any atom is -0.497 e. The fraction of sp³-hybridized carbons (Fsp3) is 0.455. The molecule has 14 heteroatoms. The molecule has 1 N–H and O–H groups in total. The van der Waals surface area contributed by atoms with E-state index >= 15 is 0 Å². The van der Waals surface area contributed by atoms with E-state index < -0.39 is 55.2 Å². The summed E-state index contributed by atoms with van der Waals surface area (Å²) in [4.78, 5) is 41.6. The number of ether oxygens (including phenoxy) is 5. The van der Waals surface area contributed by atoms with E-state index in [1.165, 1.54) is 10.8 Å². The van der Waals surface area contributed by atoms with Gasteiger partial charge in [0.05, 0.1) is 39.4 Å². The van der Waals surface area contributed by atoms with Crippen LogP contribution in [0, 0.1) is 18.3 Å². The number of nitriles is 1. The SMILES string of the molecule is COc1ccc(C(OC[C@H]2O[C@@H](n3cc(C)c(=O)[nH]c3=O)C[C@@H]2OP(CC(=O)OC(C)(C)CC#N)N(C(C)C)C(C)C)(c2ccccc2)c2ccc(OC)cc2)cc1. The molecular formula is C44H55N4O9P. The number of methoxy groups -OCH3 is 2. The molecule has 2 heterocycles. The Balaban J connectivity index is 1.61. The van der Waals surface area contributed by atoms with Crippen LogP contribution in [0.3, 0.4) is 0 Å². The van der Waals surface area contributed by atoms with Gasteiger partial charge in [-0.05, 0) is 89.4 Å². The molecule has 5 rings (SSSR count). The van der Waals surface area contributed by atoms with Gasteiger partial charge in [-0.1, -0.05) is 54.6 Å². The highest BCUT2D eigenvalue weighted by atomic mass is 31.2. The zero-order valence-corrected chi connectivity index (χ0v) is 35.7. The summed E-state index contributed by atoms with van der Waals surface area (Å²) in [7, 11) is 1.57. The van der Waals surface area contributed by atoms with Crippen molar-refractivity contribution in [2.45, 2.75) is 103 Å². The third-order valence-corrected chi connectivity index (χ3v) is 12.5. The lowest BCUT2D eigenvalue weighted by atomic mass is 9.80. The van der Waals surface area contributed by atoms with E-state index in [1.807, 2.05) is 107 Å². The molecule has 1 unspecified atom stereocenters. The van der Waals surface area contributed by atoms with Crippen LogP contribution in [0.15, 0.2) is 94.6 Å². The molecule has 0 radical (unpaired) electrons. The second kappa shape index (κ2) is 19.3. The number of H-pyrrole nitrogens is 1. The number of aryl methyl sites for hydroxylation is 1. The third-order valence-electron chi connectivity index (χ3n) is 10.0. The highest BCUT2D eigenvalue weighted by Gasteiger charge is 2.45. The Kier molecular flexibility index (Phi) is 14.7. The molecule has 0 amide bonds. The van der Waals surface area contributed by atoms with Gasteiger partial charge in [-0.25, -0.2) is 4.79 Å². The van der Waals surface area contributed by atoms with Crippen molar-refractivity contribution < 1.29 is 33.0 Å². The number of carbonyl (C=O) groups is 1. The average molecular weight is 815 g/mol. The van der Waals surface area contributed by atoms with E-state index in [1.54, 1.807) is 35.0 Å². The Hall–Kier alpha value is -4.83. The smallest absolute Gasteiger partial charge is 0.330 e. The standard InChI is InChI=1S/C44H55N4O9P/c1-29(2)48(30(3)4)58(28-40(49)56-43(6,7)23-24-45)57-37-25-39(47-26-31(5)41(50)46-42(47)51)55-38(37)27-54-44(32-13-11-10-12-14-32,33-15-19-35(52-8)20-16-33)34-17-21-36(53-9)22-18-34/h10-22,26,29-30,37-39H,23,25,27-28H2,1-9H3,(H,46,50,51)/t37-,38+,39+,58?/m0/s1. The van der Waals surface area contributed by atoms with Gasteiger partial charge >= 0.3 is 11.7 Å². The molecule has 1 saturated heterocycles. The molecular weight excluding hydrogens is 759 g/mol. The maximum atomic E-state index is 13.6. The number of hydrogen-bond acceptors (Lipinski definition) is 11. The number of carbonyl (C=O) groups excluding carboxylic acids is 1. The third kappa shape index (κ3) is 10.2.